The fraction of sp³-hybridized carbons (Fsp3) is 0.667. The number of likely N-dealkylation sites (tertiary alicyclic amines) is 1. The molecule has 0 saturated carbocycles. The van der Waals surface area contributed by atoms with Crippen LogP contribution in [0.1, 0.15) is 24.8 Å². The number of aromatic nitrogens is 1. The van der Waals surface area contributed by atoms with E-state index in [2.05, 4.69) is 32.7 Å². The van der Waals surface area contributed by atoms with Gasteiger partial charge in [0.25, 0.3) is 0 Å². The highest BCUT2D eigenvalue weighted by Gasteiger charge is 2.21. The third kappa shape index (κ3) is 5.46. The first-order valence-electron chi connectivity index (χ1n) is 9.03. The molecule has 24 heavy (non-hydrogen) atoms. The van der Waals surface area contributed by atoms with Gasteiger partial charge < -0.3 is 20.3 Å². The highest BCUT2D eigenvalue weighted by molar-refractivity contribution is 5.74. The number of nitrogens with zero attached hydrogens (tertiary/aromatic N) is 2. The van der Waals surface area contributed by atoms with E-state index in [1.54, 1.807) is 0 Å². The van der Waals surface area contributed by atoms with Crippen molar-refractivity contribution in [2.75, 3.05) is 39.4 Å². The van der Waals surface area contributed by atoms with Crippen molar-refractivity contribution in [2.45, 2.75) is 31.7 Å². The number of hydrogen-bond acceptors (Lipinski definition) is 4. The second-order valence-corrected chi connectivity index (χ2v) is 6.81. The average molecular weight is 332 g/mol. The number of urea groups is 1. The van der Waals surface area contributed by atoms with Crippen molar-refractivity contribution in [3.05, 3.63) is 30.1 Å². The van der Waals surface area contributed by atoms with Gasteiger partial charge in [0.15, 0.2) is 0 Å². The number of hydrogen-bond donors (Lipinski definition) is 2. The summed E-state index contributed by atoms with van der Waals surface area (Å²) < 4.78 is 5.33. The Morgan fingerprint density at radius 2 is 2.04 bits per heavy atom. The molecule has 6 heteroatoms. The summed E-state index contributed by atoms with van der Waals surface area (Å²) in [5.41, 5.74) is 1.33. The molecule has 132 valence electrons. The van der Waals surface area contributed by atoms with E-state index in [1.807, 2.05) is 12.4 Å². The first-order valence-corrected chi connectivity index (χ1v) is 9.03. The van der Waals surface area contributed by atoms with Gasteiger partial charge in [0.2, 0.25) is 0 Å². The van der Waals surface area contributed by atoms with Gasteiger partial charge in [0, 0.05) is 57.1 Å². The molecule has 1 atom stereocenters. The van der Waals surface area contributed by atoms with Crippen LogP contribution in [0.25, 0.3) is 0 Å². The van der Waals surface area contributed by atoms with E-state index < -0.39 is 0 Å². The lowest BCUT2D eigenvalue weighted by atomic mass is 10.0. The molecule has 0 spiro atoms. The Hall–Kier alpha value is -1.66. The lowest BCUT2D eigenvalue weighted by molar-refractivity contribution is 0.183. The smallest absolute Gasteiger partial charge is 0.315 e. The lowest BCUT2D eigenvalue weighted by Crippen LogP contribution is -2.48. The van der Waals surface area contributed by atoms with Crippen molar-refractivity contribution in [2.24, 2.45) is 5.92 Å². The minimum Gasteiger partial charge on any atom is -0.381 e. The molecule has 0 aliphatic carbocycles. The second-order valence-electron chi connectivity index (χ2n) is 6.81. The zero-order valence-electron chi connectivity index (χ0n) is 14.2. The first-order chi connectivity index (χ1) is 11.8. The van der Waals surface area contributed by atoms with Gasteiger partial charge in [-0.2, -0.15) is 0 Å². The Kier molecular flexibility index (Phi) is 6.43. The van der Waals surface area contributed by atoms with Gasteiger partial charge in [-0.05, 0) is 43.4 Å². The van der Waals surface area contributed by atoms with Crippen LogP contribution >= 0.6 is 0 Å². The average Bonchev–Trinajstić information content (AvgIpc) is 3.14. The summed E-state index contributed by atoms with van der Waals surface area (Å²) in [7, 11) is 0. The SMILES string of the molecule is O=C(NCC1CCOC1)NC1CCN(CCc2ccncc2)CC1. The van der Waals surface area contributed by atoms with Crippen LogP contribution in [-0.2, 0) is 11.2 Å². The highest BCUT2D eigenvalue weighted by Crippen LogP contribution is 2.12. The van der Waals surface area contributed by atoms with Crippen molar-refractivity contribution < 1.29 is 9.53 Å². The normalized spacial score (nSPS) is 22.4. The zero-order valence-corrected chi connectivity index (χ0v) is 14.2. The van der Waals surface area contributed by atoms with Crippen LogP contribution in [0.2, 0.25) is 0 Å². The van der Waals surface area contributed by atoms with E-state index in [9.17, 15) is 4.79 Å². The summed E-state index contributed by atoms with van der Waals surface area (Å²) in [6.07, 6.45) is 7.86. The van der Waals surface area contributed by atoms with Crippen LogP contribution in [-0.4, -0.2) is 61.3 Å². The van der Waals surface area contributed by atoms with Gasteiger partial charge in [-0.15, -0.1) is 0 Å². The summed E-state index contributed by atoms with van der Waals surface area (Å²) >= 11 is 0. The molecule has 6 nitrogen and oxygen atoms in total. The molecular weight excluding hydrogens is 304 g/mol. The van der Waals surface area contributed by atoms with Crippen LogP contribution in [0.15, 0.2) is 24.5 Å². The fourth-order valence-electron chi connectivity index (χ4n) is 3.36. The Morgan fingerprint density at radius 3 is 2.75 bits per heavy atom. The van der Waals surface area contributed by atoms with Crippen molar-refractivity contribution >= 4 is 6.03 Å². The van der Waals surface area contributed by atoms with E-state index in [0.717, 1.165) is 65.1 Å². The summed E-state index contributed by atoms with van der Waals surface area (Å²) in [4.78, 5) is 18.5. The van der Waals surface area contributed by atoms with E-state index in [1.165, 1.54) is 5.56 Å². The van der Waals surface area contributed by atoms with Crippen molar-refractivity contribution in [3.8, 4) is 0 Å². The molecule has 0 radical (unpaired) electrons. The maximum atomic E-state index is 12.0. The topological polar surface area (TPSA) is 66.5 Å². The monoisotopic (exact) mass is 332 g/mol. The third-order valence-corrected chi connectivity index (χ3v) is 4.96. The van der Waals surface area contributed by atoms with Crippen molar-refractivity contribution in [1.82, 2.24) is 20.5 Å². The molecule has 3 heterocycles. The Labute approximate surface area is 144 Å². The molecule has 2 aliphatic heterocycles. The number of pyridine rings is 1. The van der Waals surface area contributed by atoms with Crippen molar-refractivity contribution in [1.29, 1.82) is 0 Å². The van der Waals surface area contributed by atoms with E-state index >= 15 is 0 Å². The van der Waals surface area contributed by atoms with Crippen LogP contribution in [0, 0.1) is 5.92 Å². The van der Waals surface area contributed by atoms with Gasteiger partial charge >= 0.3 is 6.03 Å². The summed E-state index contributed by atoms with van der Waals surface area (Å²) in [6.45, 7) is 5.49. The number of piperidine rings is 1. The van der Waals surface area contributed by atoms with E-state index in [0.29, 0.717) is 12.0 Å². The largest absolute Gasteiger partial charge is 0.381 e. The number of carbonyl (C=O) groups excluding carboxylic acids is 1. The summed E-state index contributed by atoms with van der Waals surface area (Å²) in [5.74, 6) is 0.478. The van der Waals surface area contributed by atoms with Crippen LogP contribution in [0.4, 0.5) is 4.79 Å². The summed E-state index contributed by atoms with van der Waals surface area (Å²) in [6, 6.07) is 4.42. The zero-order chi connectivity index (χ0) is 16.6. The maximum Gasteiger partial charge on any atom is 0.315 e. The molecule has 1 aromatic heterocycles. The Balaban J connectivity index is 1.29. The molecular formula is C18H28N4O2. The quantitative estimate of drug-likeness (QED) is 0.827. The molecule has 2 aliphatic rings. The molecule has 0 aromatic carbocycles. The minimum absolute atomic E-state index is 0.0304. The van der Waals surface area contributed by atoms with Crippen LogP contribution < -0.4 is 10.6 Å². The molecule has 0 bridgehead atoms. The molecule has 2 amide bonds. The third-order valence-electron chi connectivity index (χ3n) is 4.96. The number of rotatable bonds is 6. The predicted octanol–water partition coefficient (Wildman–Crippen LogP) is 1.42. The van der Waals surface area contributed by atoms with Crippen LogP contribution in [0.3, 0.4) is 0 Å². The Morgan fingerprint density at radius 1 is 1.25 bits per heavy atom. The van der Waals surface area contributed by atoms with Gasteiger partial charge in [-0.3, -0.25) is 4.98 Å². The van der Waals surface area contributed by atoms with Gasteiger partial charge in [-0.1, -0.05) is 0 Å². The number of carbonyl (C=O) groups is 1. The predicted molar refractivity (Wildman–Crippen MR) is 92.9 cm³/mol. The fourth-order valence-corrected chi connectivity index (χ4v) is 3.36. The first kappa shape index (κ1) is 17.2. The summed E-state index contributed by atoms with van der Waals surface area (Å²) in [5, 5.41) is 6.09. The highest BCUT2D eigenvalue weighted by atomic mass is 16.5. The van der Waals surface area contributed by atoms with Gasteiger partial charge in [-0.25, -0.2) is 4.79 Å². The number of amides is 2. The molecule has 1 unspecified atom stereocenters. The molecule has 2 N–H and O–H groups in total. The van der Waals surface area contributed by atoms with Crippen molar-refractivity contribution in [3.63, 3.8) is 0 Å². The molecule has 2 saturated heterocycles. The molecule has 3 rings (SSSR count). The Bertz CT molecular complexity index is 497. The second kappa shape index (κ2) is 8.99. The number of nitrogens with one attached hydrogen (secondary N) is 2. The van der Waals surface area contributed by atoms with Crippen LogP contribution in [0.5, 0.6) is 0 Å². The molecule has 2 fully saturated rings. The maximum absolute atomic E-state index is 12.0. The number of ether oxygens (including phenoxy) is 1. The standard InChI is InChI=1S/C18H28N4O2/c23-18(20-13-16-6-12-24-14-16)21-17-4-10-22(11-5-17)9-3-15-1-7-19-8-2-15/h1-2,7-8,16-17H,3-6,9-14H2,(H2,20,21,23). The van der Waals surface area contributed by atoms with E-state index in [-0.39, 0.29) is 6.03 Å². The molecule has 1 aromatic rings. The van der Waals surface area contributed by atoms with Gasteiger partial charge in [0.1, 0.15) is 0 Å². The minimum atomic E-state index is -0.0304. The van der Waals surface area contributed by atoms with E-state index in [4.69, 9.17) is 4.74 Å². The van der Waals surface area contributed by atoms with Gasteiger partial charge in [0.05, 0.1) is 6.61 Å². The lowest BCUT2D eigenvalue weighted by Gasteiger charge is -2.32.